The van der Waals surface area contributed by atoms with Gasteiger partial charge in [0.05, 0.1) is 5.41 Å². The van der Waals surface area contributed by atoms with Gasteiger partial charge in [-0.25, -0.2) is 0 Å². The first-order valence-corrected chi connectivity index (χ1v) is 4.03. The number of rotatable bonds is 2. The minimum absolute atomic E-state index is 0.301. The van der Waals surface area contributed by atoms with E-state index in [9.17, 15) is 4.79 Å². The summed E-state index contributed by atoms with van der Waals surface area (Å²) in [5.74, 6) is -0.803. The van der Waals surface area contributed by atoms with Gasteiger partial charge in [-0.3, -0.25) is 4.79 Å². The molecule has 0 aromatic carbocycles. The maximum absolute atomic E-state index is 11.0. The molecule has 0 rings (SSSR count). The molecule has 1 N–H and O–H groups in total. The molecule has 12 heavy (non-hydrogen) atoms. The first-order valence-electron chi connectivity index (χ1n) is 4.03. The minimum Gasteiger partial charge on any atom is -0.481 e. The van der Waals surface area contributed by atoms with E-state index >= 15 is 0 Å². The van der Waals surface area contributed by atoms with Gasteiger partial charge in [-0.05, 0) is 19.3 Å². The molecule has 0 spiro atoms. The quantitative estimate of drug-likeness (QED) is 0.647. The molecule has 1 unspecified atom stereocenters. The van der Waals surface area contributed by atoms with Crippen LogP contribution in [0.4, 0.5) is 0 Å². The molecule has 0 fully saturated rings. The topological polar surface area (TPSA) is 37.3 Å². The number of carbonyl (C=O) groups is 1. The minimum atomic E-state index is -0.840. The average molecular weight is 170 g/mol. The van der Waals surface area contributed by atoms with Gasteiger partial charge >= 0.3 is 5.97 Å². The van der Waals surface area contributed by atoms with Crippen LogP contribution in [0.2, 0.25) is 0 Å². The average Bonchev–Trinajstić information content (AvgIpc) is 1.82. The number of hydrogen-bond acceptors (Lipinski definition) is 1. The fourth-order valence-electron chi connectivity index (χ4n) is 1.14. The maximum Gasteiger partial charge on any atom is 0.314 e. The zero-order valence-electron chi connectivity index (χ0n) is 8.56. The van der Waals surface area contributed by atoms with Crippen molar-refractivity contribution in [1.29, 1.82) is 0 Å². The SMILES string of the molecule is C=C(C)C(C)(C(=O)O)C(C)(C)C. The number of hydrogen-bond donors (Lipinski definition) is 1. The standard InChI is InChI=1S/C10H18O2/c1-7(2)10(6,8(11)12)9(3,4)5/h1H2,2-6H3,(H,11,12). The van der Waals surface area contributed by atoms with E-state index in [1.807, 2.05) is 20.8 Å². The molecule has 0 saturated carbocycles. The van der Waals surface area contributed by atoms with Gasteiger partial charge in [0.15, 0.2) is 0 Å². The highest BCUT2D eigenvalue weighted by atomic mass is 16.4. The van der Waals surface area contributed by atoms with Crippen LogP contribution in [0, 0.1) is 10.8 Å². The van der Waals surface area contributed by atoms with Crippen LogP contribution < -0.4 is 0 Å². The molecule has 0 saturated heterocycles. The van der Waals surface area contributed by atoms with Gasteiger partial charge in [0.2, 0.25) is 0 Å². The summed E-state index contributed by atoms with van der Waals surface area (Å²) in [4.78, 5) is 11.0. The van der Waals surface area contributed by atoms with Crippen LogP contribution in [-0.4, -0.2) is 11.1 Å². The van der Waals surface area contributed by atoms with E-state index in [2.05, 4.69) is 6.58 Å². The first kappa shape index (κ1) is 11.2. The van der Waals surface area contributed by atoms with Crippen molar-refractivity contribution in [2.75, 3.05) is 0 Å². The van der Waals surface area contributed by atoms with Gasteiger partial charge in [0.1, 0.15) is 0 Å². The fraction of sp³-hybridized carbons (Fsp3) is 0.700. The molecule has 0 aromatic rings. The maximum atomic E-state index is 11.0. The Balaban J connectivity index is 5.17. The Kier molecular flexibility index (Phi) is 2.73. The number of carboxylic acid groups (broad SMARTS) is 1. The molecule has 0 radical (unpaired) electrons. The van der Waals surface area contributed by atoms with E-state index < -0.39 is 11.4 Å². The molecule has 2 heteroatoms. The zero-order valence-corrected chi connectivity index (χ0v) is 8.56. The second-order valence-corrected chi connectivity index (χ2v) is 4.46. The molecule has 2 nitrogen and oxygen atoms in total. The Morgan fingerprint density at radius 3 is 1.58 bits per heavy atom. The van der Waals surface area contributed by atoms with Gasteiger partial charge in [0, 0.05) is 0 Å². The predicted molar refractivity (Wildman–Crippen MR) is 50.0 cm³/mol. The molecule has 70 valence electrons. The van der Waals surface area contributed by atoms with Crippen LogP contribution in [0.5, 0.6) is 0 Å². The third-order valence-corrected chi connectivity index (χ3v) is 2.78. The van der Waals surface area contributed by atoms with Crippen molar-refractivity contribution in [3.05, 3.63) is 12.2 Å². The molecule has 1 atom stereocenters. The van der Waals surface area contributed by atoms with E-state index in [1.165, 1.54) is 0 Å². The summed E-state index contributed by atoms with van der Waals surface area (Å²) >= 11 is 0. The normalized spacial score (nSPS) is 16.8. The molecular formula is C10H18O2. The van der Waals surface area contributed by atoms with E-state index in [4.69, 9.17) is 5.11 Å². The van der Waals surface area contributed by atoms with Gasteiger partial charge in [-0.15, -0.1) is 0 Å². The molecule has 0 aromatic heterocycles. The van der Waals surface area contributed by atoms with Crippen molar-refractivity contribution < 1.29 is 9.90 Å². The molecule has 0 aliphatic carbocycles. The Bertz CT molecular complexity index is 194. The third-order valence-electron chi connectivity index (χ3n) is 2.78. The van der Waals surface area contributed by atoms with Crippen LogP contribution in [0.3, 0.4) is 0 Å². The van der Waals surface area contributed by atoms with Gasteiger partial charge in [-0.2, -0.15) is 0 Å². The summed E-state index contributed by atoms with van der Waals surface area (Å²) in [6, 6.07) is 0. The molecule has 0 aliphatic heterocycles. The van der Waals surface area contributed by atoms with Crippen molar-refractivity contribution in [1.82, 2.24) is 0 Å². The van der Waals surface area contributed by atoms with Crippen LogP contribution >= 0.6 is 0 Å². The lowest BCUT2D eigenvalue weighted by atomic mass is 9.64. The Hall–Kier alpha value is -0.790. The highest BCUT2D eigenvalue weighted by molar-refractivity contribution is 5.78. The summed E-state index contributed by atoms with van der Waals surface area (Å²) in [5.41, 5.74) is -0.444. The zero-order chi connectivity index (χ0) is 10.2. The highest BCUT2D eigenvalue weighted by Gasteiger charge is 2.44. The summed E-state index contributed by atoms with van der Waals surface area (Å²) in [6.45, 7) is 13.0. The second kappa shape index (κ2) is 2.92. The predicted octanol–water partition coefficient (Wildman–Crippen LogP) is 2.70. The Labute approximate surface area is 74.3 Å². The Morgan fingerprint density at radius 1 is 1.25 bits per heavy atom. The third kappa shape index (κ3) is 1.52. The van der Waals surface area contributed by atoms with Crippen molar-refractivity contribution >= 4 is 5.97 Å². The van der Waals surface area contributed by atoms with E-state index in [1.54, 1.807) is 13.8 Å². The molecule has 0 amide bonds. The van der Waals surface area contributed by atoms with Crippen LogP contribution in [0.15, 0.2) is 12.2 Å². The van der Waals surface area contributed by atoms with Gasteiger partial charge < -0.3 is 5.11 Å². The monoisotopic (exact) mass is 170 g/mol. The molecule has 0 heterocycles. The summed E-state index contributed by atoms with van der Waals surface area (Å²) in [7, 11) is 0. The summed E-state index contributed by atoms with van der Waals surface area (Å²) in [6.07, 6.45) is 0. The lowest BCUT2D eigenvalue weighted by Crippen LogP contribution is -2.41. The highest BCUT2D eigenvalue weighted by Crippen LogP contribution is 2.43. The molecule has 0 bridgehead atoms. The second-order valence-electron chi connectivity index (χ2n) is 4.46. The lowest BCUT2D eigenvalue weighted by molar-refractivity contribution is -0.151. The van der Waals surface area contributed by atoms with Crippen molar-refractivity contribution in [2.45, 2.75) is 34.6 Å². The van der Waals surface area contributed by atoms with Gasteiger partial charge in [-0.1, -0.05) is 32.9 Å². The summed E-state index contributed by atoms with van der Waals surface area (Å²) in [5, 5.41) is 9.08. The van der Waals surface area contributed by atoms with Crippen molar-refractivity contribution in [3.8, 4) is 0 Å². The molecule has 0 aliphatic rings. The molecular weight excluding hydrogens is 152 g/mol. The van der Waals surface area contributed by atoms with E-state index in [-0.39, 0.29) is 5.41 Å². The number of aliphatic carboxylic acids is 1. The van der Waals surface area contributed by atoms with Crippen LogP contribution in [0.1, 0.15) is 34.6 Å². The van der Waals surface area contributed by atoms with Crippen LogP contribution in [-0.2, 0) is 4.79 Å². The van der Waals surface area contributed by atoms with Crippen LogP contribution in [0.25, 0.3) is 0 Å². The number of carboxylic acids is 1. The summed E-state index contributed by atoms with van der Waals surface area (Å²) < 4.78 is 0. The van der Waals surface area contributed by atoms with Gasteiger partial charge in [0.25, 0.3) is 0 Å². The van der Waals surface area contributed by atoms with E-state index in [0.29, 0.717) is 5.57 Å². The smallest absolute Gasteiger partial charge is 0.314 e. The fourth-order valence-corrected chi connectivity index (χ4v) is 1.14. The largest absolute Gasteiger partial charge is 0.481 e. The Morgan fingerprint density at radius 2 is 1.58 bits per heavy atom. The van der Waals surface area contributed by atoms with E-state index in [0.717, 1.165) is 0 Å². The lowest BCUT2D eigenvalue weighted by Gasteiger charge is -2.38. The van der Waals surface area contributed by atoms with Crippen molar-refractivity contribution in [2.24, 2.45) is 10.8 Å². The van der Waals surface area contributed by atoms with Crippen molar-refractivity contribution in [3.63, 3.8) is 0 Å². The first-order chi connectivity index (χ1) is 5.14.